The van der Waals surface area contributed by atoms with Gasteiger partial charge in [-0.3, -0.25) is 4.79 Å². The van der Waals surface area contributed by atoms with Gasteiger partial charge in [0.2, 0.25) is 10.0 Å². The highest BCUT2D eigenvalue weighted by molar-refractivity contribution is 7.89. The number of carbonyl (C=O) groups is 1. The van der Waals surface area contributed by atoms with Crippen LogP contribution in [0.5, 0.6) is 0 Å². The number of anilines is 1. The summed E-state index contributed by atoms with van der Waals surface area (Å²) in [7, 11) is -3.71. The van der Waals surface area contributed by atoms with Gasteiger partial charge in [0.1, 0.15) is 0 Å². The largest absolute Gasteiger partial charge is 0.481 e. The van der Waals surface area contributed by atoms with Crippen LogP contribution in [0.2, 0.25) is 0 Å². The van der Waals surface area contributed by atoms with Gasteiger partial charge in [0, 0.05) is 11.7 Å². The van der Waals surface area contributed by atoms with Gasteiger partial charge < -0.3 is 10.4 Å². The van der Waals surface area contributed by atoms with E-state index in [9.17, 15) is 18.3 Å². The van der Waals surface area contributed by atoms with Crippen molar-refractivity contribution in [3.8, 4) is 0 Å². The molecule has 7 heteroatoms. The van der Waals surface area contributed by atoms with Gasteiger partial charge in [-0.2, -0.15) is 0 Å². The molecule has 0 bridgehead atoms. The normalized spacial score (nSPS) is 26.4. The smallest absolute Gasteiger partial charge is 0.311 e. The lowest BCUT2D eigenvalue weighted by atomic mass is 9.85. The summed E-state index contributed by atoms with van der Waals surface area (Å²) in [6.07, 6.45) is 2.27. The van der Waals surface area contributed by atoms with Gasteiger partial charge in [0.05, 0.1) is 10.3 Å². The Morgan fingerprint density at radius 2 is 2.00 bits per heavy atom. The number of primary sulfonamides is 1. The zero-order chi connectivity index (χ0) is 15.0. The van der Waals surface area contributed by atoms with Crippen molar-refractivity contribution < 1.29 is 18.3 Å². The van der Waals surface area contributed by atoms with Crippen molar-refractivity contribution in [2.45, 2.75) is 37.1 Å². The second-order valence-corrected chi connectivity index (χ2v) is 6.94. The minimum absolute atomic E-state index is 0.0375. The Balaban J connectivity index is 2.17. The molecule has 0 aromatic heterocycles. The number of nitrogens with one attached hydrogen (secondary N) is 1. The Bertz CT molecular complexity index is 612. The van der Waals surface area contributed by atoms with E-state index in [1.54, 1.807) is 19.1 Å². The number of aliphatic carboxylic acids is 1. The van der Waals surface area contributed by atoms with Crippen molar-refractivity contribution in [1.29, 1.82) is 0 Å². The number of benzene rings is 1. The molecule has 0 amide bonds. The number of rotatable bonds is 4. The minimum Gasteiger partial charge on any atom is -0.481 e. The monoisotopic (exact) mass is 298 g/mol. The van der Waals surface area contributed by atoms with Gasteiger partial charge in [-0.1, -0.05) is 6.42 Å². The molecule has 2 rings (SSSR count). The summed E-state index contributed by atoms with van der Waals surface area (Å²) in [5.41, 5.74) is -0.102. The fourth-order valence-corrected chi connectivity index (χ4v) is 3.11. The van der Waals surface area contributed by atoms with Gasteiger partial charge in [0.25, 0.3) is 0 Å². The summed E-state index contributed by atoms with van der Waals surface area (Å²) in [5.74, 6) is -0.811. The van der Waals surface area contributed by atoms with Crippen molar-refractivity contribution in [1.82, 2.24) is 0 Å². The molecule has 110 valence electrons. The van der Waals surface area contributed by atoms with Crippen molar-refractivity contribution in [2.75, 3.05) is 5.32 Å². The molecule has 6 nitrogen and oxygen atoms in total. The van der Waals surface area contributed by atoms with Gasteiger partial charge >= 0.3 is 5.97 Å². The third kappa shape index (κ3) is 2.78. The number of hydrogen-bond donors (Lipinski definition) is 3. The fraction of sp³-hybridized carbons (Fsp3) is 0.462. The number of hydrogen-bond acceptors (Lipinski definition) is 4. The van der Waals surface area contributed by atoms with Crippen LogP contribution in [0.3, 0.4) is 0 Å². The van der Waals surface area contributed by atoms with Crippen LogP contribution in [0.15, 0.2) is 29.2 Å². The standard InChI is InChI=1S/C13H18N2O4S/c1-13(12(16)17)8-2-3-11(13)15-9-4-6-10(7-5-9)20(14,18)19/h4-7,11,15H,2-3,8H2,1H3,(H,16,17)(H2,14,18,19). The molecule has 0 aliphatic heterocycles. The first-order valence-electron chi connectivity index (χ1n) is 6.36. The molecule has 1 aliphatic carbocycles. The summed E-state index contributed by atoms with van der Waals surface area (Å²) in [5, 5.41) is 17.5. The fourth-order valence-electron chi connectivity index (χ4n) is 2.60. The quantitative estimate of drug-likeness (QED) is 0.778. The summed E-state index contributed by atoms with van der Waals surface area (Å²) >= 11 is 0. The molecule has 20 heavy (non-hydrogen) atoms. The maximum atomic E-state index is 11.4. The molecular formula is C13H18N2O4S. The zero-order valence-corrected chi connectivity index (χ0v) is 12.0. The van der Waals surface area contributed by atoms with Gasteiger partial charge in [-0.05, 0) is 44.0 Å². The molecule has 4 N–H and O–H groups in total. The number of sulfonamides is 1. The van der Waals surface area contributed by atoms with Crippen molar-refractivity contribution >= 4 is 21.7 Å². The molecule has 0 heterocycles. The van der Waals surface area contributed by atoms with Crippen LogP contribution < -0.4 is 10.5 Å². The SMILES string of the molecule is CC1(C(=O)O)CCCC1Nc1ccc(S(N)(=O)=O)cc1. The molecule has 1 aliphatic rings. The van der Waals surface area contributed by atoms with E-state index >= 15 is 0 Å². The van der Waals surface area contributed by atoms with Crippen molar-refractivity contribution in [2.24, 2.45) is 10.6 Å². The van der Waals surface area contributed by atoms with E-state index in [1.807, 2.05) is 0 Å². The zero-order valence-electron chi connectivity index (χ0n) is 11.2. The maximum absolute atomic E-state index is 11.4. The second kappa shape index (κ2) is 5.06. The lowest BCUT2D eigenvalue weighted by Gasteiger charge is -2.28. The van der Waals surface area contributed by atoms with E-state index in [0.717, 1.165) is 12.8 Å². The van der Waals surface area contributed by atoms with Crippen LogP contribution in [0, 0.1) is 5.41 Å². The Labute approximate surface area is 118 Å². The molecular weight excluding hydrogens is 280 g/mol. The number of carboxylic acid groups (broad SMARTS) is 1. The molecule has 0 spiro atoms. The van der Waals surface area contributed by atoms with Crippen LogP contribution in [-0.4, -0.2) is 25.5 Å². The Kier molecular flexibility index (Phi) is 3.75. The minimum atomic E-state index is -3.71. The van der Waals surface area contributed by atoms with E-state index in [2.05, 4.69) is 5.32 Å². The summed E-state index contributed by atoms with van der Waals surface area (Å²) < 4.78 is 22.3. The first-order chi connectivity index (χ1) is 9.23. The molecule has 1 aromatic rings. The highest BCUT2D eigenvalue weighted by Crippen LogP contribution is 2.39. The molecule has 1 fully saturated rings. The molecule has 2 unspecified atom stereocenters. The van der Waals surface area contributed by atoms with Crippen LogP contribution in [-0.2, 0) is 14.8 Å². The Hall–Kier alpha value is -1.60. The first-order valence-corrected chi connectivity index (χ1v) is 7.91. The van der Waals surface area contributed by atoms with E-state index in [4.69, 9.17) is 5.14 Å². The van der Waals surface area contributed by atoms with E-state index in [-0.39, 0.29) is 10.9 Å². The van der Waals surface area contributed by atoms with Gasteiger partial charge in [-0.15, -0.1) is 0 Å². The molecule has 1 aromatic carbocycles. The van der Waals surface area contributed by atoms with Crippen LogP contribution in [0.1, 0.15) is 26.2 Å². The molecule has 2 atom stereocenters. The van der Waals surface area contributed by atoms with Crippen LogP contribution in [0.4, 0.5) is 5.69 Å². The summed E-state index contributed by atoms with van der Waals surface area (Å²) in [4.78, 5) is 11.4. The number of nitrogens with two attached hydrogens (primary N) is 1. The average Bonchev–Trinajstić information content (AvgIpc) is 2.72. The maximum Gasteiger partial charge on any atom is 0.311 e. The van der Waals surface area contributed by atoms with Crippen LogP contribution >= 0.6 is 0 Å². The highest BCUT2D eigenvalue weighted by Gasteiger charge is 2.45. The highest BCUT2D eigenvalue weighted by atomic mass is 32.2. The Morgan fingerprint density at radius 3 is 2.50 bits per heavy atom. The van der Waals surface area contributed by atoms with E-state index in [0.29, 0.717) is 12.1 Å². The molecule has 0 saturated heterocycles. The van der Waals surface area contributed by atoms with Gasteiger partial charge in [-0.25, -0.2) is 13.6 Å². The average molecular weight is 298 g/mol. The van der Waals surface area contributed by atoms with E-state index in [1.165, 1.54) is 12.1 Å². The molecule has 0 radical (unpaired) electrons. The molecule has 1 saturated carbocycles. The summed E-state index contributed by atoms with van der Waals surface area (Å²) in [6.45, 7) is 1.73. The number of carboxylic acids is 1. The third-order valence-corrected chi connectivity index (χ3v) is 4.90. The Morgan fingerprint density at radius 1 is 1.40 bits per heavy atom. The summed E-state index contributed by atoms with van der Waals surface area (Å²) in [6, 6.07) is 5.84. The van der Waals surface area contributed by atoms with Crippen LogP contribution in [0.25, 0.3) is 0 Å². The van der Waals surface area contributed by atoms with E-state index < -0.39 is 21.4 Å². The first kappa shape index (κ1) is 14.8. The third-order valence-electron chi connectivity index (χ3n) is 3.97. The van der Waals surface area contributed by atoms with Crippen molar-refractivity contribution in [3.05, 3.63) is 24.3 Å². The lowest BCUT2D eigenvalue weighted by molar-refractivity contribution is -0.147. The lowest BCUT2D eigenvalue weighted by Crippen LogP contribution is -2.40. The van der Waals surface area contributed by atoms with Crippen molar-refractivity contribution in [3.63, 3.8) is 0 Å². The van der Waals surface area contributed by atoms with Gasteiger partial charge in [0.15, 0.2) is 0 Å². The predicted molar refractivity (Wildman–Crippen MR) is 74.8 cm³/mol. The predicted octanol–water partition coefficient (Wildman–Crippen LogP) is 1.39. The topological polar surface area (TPSA) is 109 Å². The second-order valence-electron chi connectivity index (χ2n) is 5.38.